The predicted molar refractivity (Wildman–Crippen MR) is 68.9 cm³/mol. The summed E-state index contributed by atoms with van der Waals surface area (Å²) in [5.74, 6) is 1.06. The van der Waals surface area contributed by atoms with E-state index in [2.05, 4.69) is 35.2 Å². The average Bonchev–Trinajstić information content (AvgIpc) is 2.78. The Kier molecular flexibility index (Phi) is 4.20. The van der Waals surface area contributed by atoms with E-state index in [1.807, 2.05) is 13.1 Å². The molecule has 1 aromatic rings. The number of hydrogen-bond acceptors (Lipinski definition) is 4. The lowest BCUT2D eigenvalue weighted by atomic mass is 10.1. The molecule has 0 amide bonds. The first kappa shape index (κ1) is 12.6. The minimum Gasteiger partial charge on any atom is -0.468 e. The molecule has 1 N–H and O–H groups in total. The Morgan fingerprint density at radius 3 is 2.94 bits per heavy atom. The molecule has 4 nitrogen and oxygen atoms in total. The van der Waals surface area contributed by atoms with Crippen molar-refractivity contribution in [3.63, 3.8) is 0 Å². The van der Waals surface area contributed by atoms with E-state index >= 15 is 0 Å². The third-order valence-corrected chi connectivity index (χ3v) is 3.66. The van der Waals surface area contributed by atoms with E-state index in [4.69, 9.17) is 4.42 Å². The molecule has 2 heterocycles. The van der Waals surface area contributed by atoms with Crippen molar-refractivity contribution in [2.45, 2.75) is 25.6 Å². The molecule has 1 fully saturated rings. The van der Waals surface area contributed by atoms with Gasteiger partial charge in [0.15, 0.2) is 0 Å². The monoisotopic (exact) mass is 237 g/mol. The maximum Gasteiger partial charge on any atom is 0.117 e. The van der Waals surface area contributed by atoms with Crippen molar-refractivity contribution in [1.29, 1.82) is 0 Å². The number of hydrogen-bond donors (Lipinski definition) is 1. The van der Waals surface area contributed by atoms with E-state index in [0.717, 1.165) is 31.9 Å². The van der Waals surface area contributed by atoms with Gasteiger partial charge in [0.25, 0.3) is 0 Å². The van der Waals surface area contributed by atoms with Crippen molar-refractivity contribution in [3.8, 4) is 0 Å². The summed E-state index contributed by atoms with van der Waals surface area (Å²) in [4.78, 5) is 4.95. The zero-order valence-electron chi connectivity index (χ0n) is 11.0. The molecule has 0 spiro atoms. The normalized spacial score (nSPS) is 27.5. The Balaban J connectivity index is 1.95. The van der Waals surface area contributed by atoms with Gasteiger partial charge in [-0.05, 0) is 33.2 Å². The molecule has 1 aliphatic rings. The highest BCUT2D eigenvalue weighted by Crippen LogP contribution is 2.16. The van der Waals surface area contributed by atoms with Crippen molar-refractivity contribution < 1.29 is 4.42 Å². The molecule has 4 heteroatoms. The summed E-state index contributed by atoms with van der Waals surface area (Å²) in [5, 5.41) is 3.28. The third kappa shape index (κ3) is 3.09. The SMILES string of the molecule is CNCC1CN(Cc2ccco2)CC(C)N1C. The van der Waals surface area contributed by atoms with Gasteiger partial charge in [-0.3, -0.25) is 9.80 Å². The highest BCUT2D eigenvalue weighted by molar-refractivity contribution is 4.99. The molecule has 1 aromatic heterocycles. The molecule has 0 aromatic carbocycles. The number of piperazine rings is 1. The zero-order valence-corrected chi connectivity index (χ0v) is 11.0. The largest absolute Gasteiger partial charge is 0.468 e. The number of furan rings is 1. The predicted octanol–water partition coefficient (Wildman–Crippen LogP) is 1.00. The first-order chi connectivity index (χ1) is 8.20. The van der Waals surface area contributed by atoms with Crippen molar-refractivity contribution in [2.75, 3.05) is 33.7 Å². The van der Waals surface area contributed by atoms with Gasteiger partial charge in [-0.25, -0.2) is 0 Å². The third-order valence-electron chi connectivity index (χ3n) is 3.66. The molecule has 1 saturated heterocycles. The summed E-state index contributed by atoms with van der Waals surface area (Å²) in [7, 11) is 4.24. The van der Waals surface area contributed by atoms with Crippen LogP contribution in [0.1, 0.15) is 12.7 Å². The number of likely N-dealkylation sites (N-methyl/N-ethyl adjacent to an activating group) is 2. The van der Waals surface area contributed by atoms with Gasteiger partial charge in [-0.2, -0.15) is 0 Å². The van der Waals surface area contributed by atoms with Crippen LogP contribution in [0.25, 0.3) is 0 Å². The first-order valence-corrected chi connectivity index (χ1v) is 6.32. The second-order valence-corrected chi connectivity index (χ2v) is 5.00. The van der Waals surface area contributed by atoms with Gasteiger partial charge in [-0.1, -0.05) is 0 Å². The Morgan fingerprint density at radius 2 is 2.29 bits per heavy atom. The smallest absolute Gasteiger partial charge is 0.117 e. The van der Waals surface area contributed by atoms with Gasteiger partial charge in [0, 0.05) is 31.7 Å². The van der Waals surface area contributed by atoms with Crippen LogP contribution in [0.5, 0.6) is 0 Å². The van der Waals surface area contributed by atoms with Gasteiger partial charge in [0.05, 0.1) is 12.8 Å². The first-order valence-electron chi connectivity index (χ1n) is 6.32. The number of nitrogens with one attached hydrogen (secondary N) is 1. The summed E-state index contributed by atoms with van der Waals surface area (Å²) >= 11 is 0. The molecule has 1 aliphatic heterocycles. The van der Waals surface area contributed by atoms with Gasteiger partial charge in [0.1, 0.15) is 5.76 Å². The average molecular weight is 237 g/mol. The fourth-order valence-electron chi connectivity index (χ4n) is 2.56. The van der Waals surface area contributed by atoms with E-state index in [1.54, 1.807) is 6.26 Å². The van der Waals surface area contributed by atoms with Crippen LogP contribution in [0.3, 0.4) is 0 Å². The molecule has 0 saturated carbocycles. The van der Waals surface area contributed by atoms with Crippen molar-refractivity contribution >= 4 is 0 Å². The van der Waals surface area contributed by atoms with Crippen LogP contribution in [0.2, 0.25) is 0 Å². The number of rotatable bonds is 4. The van der Waals surface area contributed by atoms with E-state index in [1.165, 1.54) is 0 Å². The summed E-state index contributed by atoms with van der Waals surface area (Å²) in [6.07, 6.45) is 1.75. The topological polar surface area (TPSA) is 31.6 Å². The lowest BCUT2D eigenvalue weighted by Gasteiger charge is -2.43. The van der Waals surface area contributed by atoms with E-state index in [9.17, 15) is 0 Å². The number of nitrogens with zero attached hydrogens (tertiary/aromatic N) is 2. The van der Waals surface area contributed by atoms with E-state index < -0.39 is 0 Å². The van der Waals surface area contributed by atoms with Gasteiger partial charge in [0.2, 0.25) is 0 Å². The lowest BCUT2D eigenvalue weighted by Crippen LogP contribution is -2.58. The molecule has 0 bridgehead atoms. The zero-order chi connectivity index (χ0) is 12.3. The van der Waals surface area contributed by atoms with Crippen LogP contribution in [0.15, 0.2) is 22.8 Å². The van der Waals surface area contributed by atoms with Gasteiger partial charge in [-0.15, -0.1) is 0 Å². The highest BCUT2D eigenvalue weighted by Gasteiger charge is 2.29. The standard InChI is InChI=1S/C13H23N3O/c1-11-8-16(10-13-5-4-6-17-13)9-12(7-14-2)15(11)3/h4-6,11-12,14H,7-10H2,1-3H3. The fourth-order valence-corrected chi connectivity index (χ4v) is 2.56. The van der Waals surface area contributed by atoms with Crippen LogP contribution in [-0.4, -0.2) is 55.6 Å². The van der Waals surface area contributed by atoms with Crippen LogP contribution in [0, 0.1) is 0 Å². The molecule has 2 rings (SSSR count). The Labute approximate surface area is 104 Å². The Morgan fingerprint density at radius 1 is 1.47 bits per heavy atom. The summed E-state index contributed by atoms with van der Waals surface area (Å²) in [6, 6.07) is 5.19. The Bertz CT molecular complexity index is 325. The summed E-state index contributed by atoms with van der Waals surface area (Å²) in [6.45, 7) is 6.46. The van der Waals surface area contributed by atoms with Crippen molar-refractivity contribution in [2.24, 2.45) is 0 Å². The lowest BCUT2D eigenvalue weighted by molar-refractivity contribution is 0.0445. The second-order valence-electron chi connectivity index (χ2n) is 5.00. The quantitative estimate of drug-likeness (QED) is 0.847. The minimum atomic E-state index is 0.582. The molecular weight excluding hydrogens is 214 g/mol. The van der Waals surface area contributed by atoms with Crippen molar-refractivity contribution in [1.82, 2.24) is 15.1 Å². The van der Waals surface area contributed by atoms with Gasteiger partial charge >= 0.3 is 0 Å². The minimum absolute atomic E-state index is 0.582. The van der Waals surface area contributed by atoms with E-state index in [-0.39, 0.29) is 0 Å². The maximum absolute atomic E-state index is 5.42. The molecule has 2 unspecified atom stereocenters. The molecule has 0 aliphatic carbocycles. The summed E-state index contributed by atoms with van der Waals surface area (Å²) < 4.78 is 5.42. The van der Waals surface area contributed by atoms with Crippen LogP contribution in [0.4, 0.5) is 0 Å². The fraction of sp³-hybridized carbons (Fsp3) is 0.692. The maximum atomic E-state index is 5.42. The van der Waals surface area contributed by atoms with Crippen LogP contribution < -0.4 is 5.32 Å². The highest BCUT2D eigenvalue weighted by atomic mass is 16.3. The van der Waals surface area contributed by atoms with Crippen LogP contribution in [-0.2, 0) is 6.54 Å². The molecular formula is C13H23N3O. The Hall–Kier alpha value is -0.840. The molecule has 2 atom stereocenters. The van der Waals surface area contributed by atoms with Crippen molar-refractivity contribution in [3.05, 3.63) is 24.2 Å². The molecule has 96 valence electrons. The molecule has 0 radical (unpaired) electrons. The van der Waals surface area contributed by atoms with Crippen LogP contribution >= 0.6 is 0 Å². The summed E-state index contributed by atoms with van der Waals surface area (Å²) in [5.41, 5.74) is 0. The van der Waals surface area contributed by atoms with E-state index in [0.29, 0.717) is 12.1 Å². The molecule has 17 heavy (non-hydrogen) atoms. The second kappa shape index (κ2) is 5.67. The van der Waals surface area contributed by atoms with Gasteiger partial charge < -0.3 is 9.73 Å².